The number of terminal acetylenes is 1. The first-order valence-electron chi connectivity index (χ1n) is 4.70. The molecule has 2 heteroatoms. The highest BCUT2D eigenvalue weighted by Crippen LogP contribution is 2.19. The molecule has 0 saturated heterocycles. The Labute approximate surface area is 90.5 Å². The zero-order chi connectivity index (χ0) is 10.4. The second-order valence-electron chi connectivity index (χ2n) is 3.07. The van der Waals surface area contributed by atoms with Gasteiger partial charge in [-0.1, -0.05) is 30.7 Å². The topological polar surface area (TPSA) is 12.0 Å². The zero-order valence-corrected chi connectivity index (χ0v) is 9.01. The summed E-state index contributed by atoms with van der Waals surface area (Å²) in [6, 6.07) is 8.01. The summed E-state index contributed by atoms with van der Waals surface area (Å²) in [7, 11) is 0. The normalized spacial score (nSPS) is 12.1. The van der Waals surface area contributed by atoms with E-state index in [4.69, 9.17) is 18.0 Å². The van der Waals surface area contributed by atoms with Gasteiger partial charge in [-0.25, -0.2) is 0 Å². The molecular weight excluding hydrogens is 194 g/mol. The van der Waals surface area contributed by atoms with Crippen molar-refractivity contribution in [2.75, 3.05) is 6.54 Å². The molecule has 0 radical (unpaired) electrons. The van der Waals surface area contributed by atoms with Crippen LogP contribution in [0.3, 0.4) is 0 Å². The second-order valence-corrected chi connectivity index (χ2v) is 3.51. The van der Waals surface area contributed by atoms with Crippen molar-refractivity contribution in [1.82, 2.24) is 5.32 Å². The van der Waals surface area contributed by atoms with Crippen LogP contribution in [0.4, 0.5) is 0 Å². The molecule has 0 aromatic heterocycles. The van der Waals surface area contributed by atoms with E-state index < -0.39 is 0 Å². The lowest BCUT2D eigenvalue weighted by atomic mass is 10.0. The zero-order valence-electron chi connectivity index (χ0n) is 8.26. The van der Waals surface area contributed by atoms with E-state index in [9.17, 15) is 0 Å². The lowest BCUT2D eigenvalue weighted by Crippen LogP contribution is -2.20. The summed E-state index contributed by atoms with van der Waals surface area (Å²) in [6.07, 6.45) is 6.00. The summed E-state index contributed by atoms with van der Waals surface area (Å²) < 4.78 is 0. The molecule has 0 aliphatic rings. The number of hydrogen-bond donors (Lipinski definition) is 1. The van der Waals surface area contributed by atoms with Gasteiger partial charge in [0, 0.05) is 17.5 Å². The van der Waals surface area contributed by atoms with Crippen LogP contribution >= 0.6 is 11.6 Å². The summed E-state index contributed by atoms with van der Waals surface area (Å²) in [5.41, 5.74) is 1.15. The van der Waals surface area contributed by atoms with Crippen LogP contribution < -0.4 is 5.32 Å². The molecular formula is C12H14ClN. The van der Waals surface area contributed by atoms with Crippen molar-refractivity contribution in [3.63, 3.8) is 0 Å². The Kier molecular flexibility index (Phi) is 4.52. The van der Waals surface area contributed by atoms with Crippen molar-refractivity contribution in [3.8, 4) is 12.3 Å². The van der Waals surface area contributed by atoms with Crippen LogP contribution in [-0.2, 0) is 0 Å². The Bertz CT molecular complexity index is 327. The van der Waals surface area contributed by atoms with E-state index >= 15 is 0 Å². The molecule has 0 spiro atoms. The average Bonchev–Trinajstić information content (AvgIpc) is 2.17. The van der Waals surface area contributed by atoms with Crippen LogP contribution in [0.5, 0.6) is 0 Å². The fraction of sp³-hybridized carbons (Fsp3) is 0.333. The van der Waals surface area contributed by atoms with E-state index in [0.717, 1.165) is 17.1 Å². The van der Waals surface area contributed by atoms with Gasteiger partial charge in [-0.2, -0.15) is 0 Å². The van der Waals surface area contributed by atoms with E-state index in [1.807, 2.05) is 24.3 Å². The predicted molar refractivity (Wildman–Crippen MR) is 61.3 cm³/mol. The van der Waals surface area contributed by atoms with Crippen LogP contribution in [0.2, 0.25) is 5.02 Å². The summed E-state index contributed by atoms with van der Waals surface area (Å²) in [5, 5.41) is 4.08. The Balaban J connectivity index is 2.82. The van der Waals surface area contributed by atoms with Gasteiger partial charge in [0.1, 0.15) is 0 Å². The molecule has 0 aliphatic heterocycles. The fourth-order valence-corrected chi connectivity index (χ4v) is 1.59. The van der Waals surface area contributed by atoms with Crippen LogP contribution in [0.25, 0.3) is 0 Å². The second kappa shape index (κ2) is 5.70. The first-order valence-corrected chi connectivity index (χ1v) is 5.08. The highest BCUT2D eigenvalue weighted by Gasteiger charge is 2.08. The molecule has 0 aliphatic carbocycles. The molecule has 0 fully saturated rings. The summed E-state index contributed by atoms with van der Waals surface area (Å²) in [4.78, 5) is 0. The first-order chi connectivity index (χ1) is 6.77. The highest BCUT2D eigenvalue weighted by molar-refractivity contribution is 6.30. The third kappa shape index (κ3) is 3.06. The number of nitrogens with one attached hydrogen (secondary N) is 1. The summed E-state index contributed by atoms with van der Waals surface area (Å²) in [5.74, 6) is 2.66. The van der Waals surface area contributed by atoms with Gasteiger partial charge in [0.25, 0.3) is 0 Å². The van der Waals surface area contributed by atoms with Crippen molar-refractivity contribution in [2.45, 2.75) is 19.4 Å². The monoisotopic (exact) mass is 207 g/mol. The molecule has 1 rings (SSSR count). The molecule has 1 aromatic rings. The van der Waals surface area contributed by atoms with E-state index in [2.05, 4.69) is 18.2 Å². The van der Waals surface area contributed by atoms with Crippen LogP contribution in [0, 0.1) is 12.3 Å². The van der Waals surface area contributed by atoms with Gasteiger partial charge in [0.05, 0.1) is 0 Å². The predicted octanol–water partition coefficient (Wildman–Crippen LogP) is 3.01. The highest BCUT2D eigenvalue weighted by atomic mass is 35.5. The van der Waals surface area contributed by atoms with Gasteiger partial charge < -0.3 is 5.32 Å². The largest absolute Gasteiger partial charge is 0.309 e. The van der Waals surface area contributed by atoms with Crippen molar-refractivity contribution >= 4 is 11.6 Å². The summed E-state index contributed by atoms with van der Waals surface area (Å²) >= 11 is 5.91. The van der Waals surface area contributed by atoms with Gasteiger partial charge in [0.2, 0.25) is 0 Å². The Morgan fingerprint density at radius 2 is 2.36 bits per heavy atom. The smallest absolute Gasteiger partial charge is 0.0431 e. The van der Waals surface area contributed by atoms with Crippen LogP contribution in [-0.4, -0.2) is 6.54 Å². The maximum atomic E-state index is 5.91. The molecule has 1 unspecified atom stereocenters. The van der Waals surface area contributed by atoms with E-state index in [-0.39, 0.29) is 6.04 Å². The Morgan fingerprint density at radius 1 is 1.57 bits per heavy atom. The minimum atomic E-state index is 0.212. The van der Waals surface area contributed by atoms with Crippen LogP contribution in [0.15, 0.2) is 24.3 Å². The Morgan fingerprint density at radius 3 is 2.93 bits per heavy atom. The standard InChI is InChI=1S/C12H14ClN/c1-3-6-12(14-4-2)10-7-5-8-11(13)9-10/h1,5,7-9,12,14H,4,6H2,2H3. The van der Waals surface area contributed by atoms with Crippen molar-refractivity contribution in [3.05, 3.63) is 34.9 Å². The minimum absolute atomic E-state index is 0.212. The molecule has 74 valence electrons. The number of halogens is 1. The minimum Gasteiger partial charge on any atom is -0.309 e. The van der Waals surface area contributed by atoms with E-state index in [0.29, 0.717) is 6.42 Å². The third-order valence-corrected chi connectivity index (χ3v) is 2.26. The first kappa shape index (κ1) is 11.1. The fourth-order valence-electron chi connectivity index (χ4n) is 1.40. The number of benzene rings is 1. The molecule has 1 atom stereocenters. The molecule has 0 bridgehead atoms. The molecule has 0 amide bonds. The van der Waals surface area contributed by atoms with E-state index in [1.165, 1.54) is 0 Å². The lowest BCUT2D eigenvalue weighted by molar-refractivity contribution is 0.565. The molecule has 1 aromatic carbocycles. The maximum Gasteiger partial charge on any atom is 0.0431 e. The van der Waals surface area contributed by atoms with Gasteiger partial charge >= 0.3 is 0 Å². The quantitative estimate of drug-likeness (QED) is 0.749. The van der Waals surface area contributed by atoms with Gasteiger partial charge in [-0.15, -0.1) is 12.3 Å². The van der Waals surface area contributed by atoms with Crippen molar-refractivity contribution in [1.29, 1.82) is 0 Å². The van der Waals surface area contributed by atoms with Crippen LogP contribution in [0.1, 0.15) is 24.9 Å². The lowest BCUT2D eigenvalue weighted by Gasteiger charge is -2.15. The summed E-state index contributed by atoms with van der Waals surface area (Å²) in [6.45, 7) is 2.97. The molecule has 1 N–H and O–H groups in total. The molecule has 0 saturated carbocycles. The van der Waals surface area contributed by atoms with Crippen molar-refractivity contribution < 1.29 is 0 Å². The maximum absolute atomic E-state index is 5.91. The number of rotatable bonds is 4. The number of hydrogen-bond acceptors (Lipinski definition) is 1. The molecule has 1 nitrogen and oxygen atoms in total. The van der Waals surface area contributed by atoms with Gasteiger partial charge in [0.15, 0.2) is 0 Å². The SMILES string of the molecule is C#CCC(NCC)c1cccc(Cl)c1. The third-order valence-electron chi connectivity index (χ3n) is 2.02. The average molecular weight is 208 g/mol. The Hall–Kier alpha value is -0.970. The van der Waals surface area contributed by atoms with E-state index in [1.54, 1.807) is 0 Å². The van der Waals surface area contributed by atoms with Crippen molar-refractivity contribution in [2.24, 2.45) is 0 Å². The van der Waals surface area contributed by atoms with Gasteiger partial charge in [-0.05, 0) is 24.2 Å². The molecule has 14 heavy (non-hydrogen) atoms. The molecule has 0 heterocycles. The van der Waals surface area contributed by atoms with Gasteiger partial charge in [-0.3, -0.25) is 0 Å².